The molecule has 5 aromatic rings. The van der Waals surface area contributed by atoms with Crippen LogP contribution < -0.4 is 10.6 Å². The summed E-state index contributed by atoms with van der Waals surface area (Å²) in [6, 6.07) is 13.6. The van der Waals surface area contributed by atoms with Gasteiger partial charge < -0.3 is 10.6 Å². The van der Waals surface area contributed by atoms with Crippen LogP contribution in [0.1, 0.15) is 32.1 Å². The number of hydrogen-bond donors (Lipinski definition) is 3. The fourth-order valence-electron chi connectivity index (χ4n) is 3.51. The number of hydrogen-bond acceptors (Lipinski definition) is 6. The van der Waals surface area contributed by atoms with Gasteiger partial charge in [-0.2, -0.15) is 10.2 Å². The van der Waals surface area contributed by atoms with E-state index in [1.54, 1.807) is 6.07 Å². The fraction of sp³-hybridized carbons (Fsp3) is 0.0833. The number of nitrogens with zero attached hydrogens (tertiary/aromatic N) is 5. The van der Waals surface area contributed by atoms with Gasteiger partial charge in [-0.25, -0.2) is 23.3 Å². The summed E-state index contributed by atoms with van der Waals surface area (Å²) < 4.78 is 27.9. The Hall–Kier alpha value is -5.00. The van der Waals surface area contributed by atoms with E-state index >= 15 is 0 Å². The number of carbonyl (C=O) groups excluding carboxylic acids is 2. The van der Waals surface area contributed by atoms with Gasteiger partial charge >= 0.3 is 0 Å². The number of aromatic amines is 1. The van der Waals surface area contributed by atoms with Crippen molar-refractivity contribution in [2.45, 2.75) is 13.1 Å². The fourth-order valence-corrected chi connectivity index (χ4v) is 3.51. The third-order valence-electron chi connectivity index (χ3n) is 5.36. The summed E-state index contributed by atoms with van der Waals surface area (Å²) in [6.07, 6.45) is 2.88. The summed E-state index contributed by atoms with van der Waals surface area (Å²) in [5.74, 6) is -2.38. The Balaban J connectivity index is 1.29. The van der Waals surface area contributed by atoms with Crippen LogP contribution in [0.2, 0.25) is 0 Å². The van der Waals surface area contributed by atoms with E-state index in [1.165, 1.54) is 29.2 Å². The molecule has 3 aromatic heterocycles. The lowest BCUT2D eigenvalue weighted by molar-refractivity contribution is 0.0942. The molecule has 0 saturated carbocycles. The number of H-pyrrole nitrogens is 1. The Morgan fingerprint density at radius 1 is 0.889 bits per heavy atom. The maximum atomic E-state index is 13.4. The monoisotopic (exact) mass is 488 g/mol. The van der Waals surface area contributed by atoms with Gasteiger partial charge in [0.15, 0.2) is 23.1 Å². The van der Waals surface area contributed by atoms with Crippen molar-refractivity contribution >= 4 is 17.5 Å². The molecule has 0 spiro atoms. The Kier molecular flexibility index (Phi) is 6.14. The molecule has 0 bridgehead atoms. The maximum Gasteiger partial charge on any atom is 0.270 e. The first kappa shape index (κ1) is 22.8. The van der Waals surface area contributed by atoms with E-state index in [0.717, 1.165) is 23.3 Å². The zero-order valence-corrected chi connectivity index (χ0v) is 18.6. The molecule has 36 heavy (non-hydrogen) atoms. The van der Waals surface area contributed by atoms with Crippen LogP contribution in [0.15, 0.2) is 67.1 Å². The normalized spacial score (nSPS) is 10.9. The minimum absolute atomic E-state index is 0.0212. The molecule has 0 aliphatic rings. The second-order valence-electron chi connectivity index (χ2n) is 7.77. The predicted molar refractivity (Wildman–Crippen MR) is 124 cm³/mol. The van der Waals surface area contributed by atoms with Gasteiger partial charge in [-0.1, -0.05) is 30.3 Å². The van der Waals surface area contributed by atoms with Gasteiger partial charge in [-0.3, -0.25) is 14.7 Å². The first-order valence-electron chi connectivity index (χ1n) is 10.8. The number of carbonyl (C=O) groups is 2. The van der Waals surface area contributed by atoms with Gasteiger partial charge in [0, 0.05) is 30.8 Å². The molecule has 0 aliphatic carbocycles. The van der Waals surface area contributed by atoms with Crippen molar-refractivity contribution in [3.05, 3.63) is 101 Å². The van der Waals surface area contributed by atoms with E-state index in [-0.39, 0.29) is 24.5 Å². The SMILES string of the molecule is O=C(NCc1ccc(F)c(F)c1)c1cc(C(=O)NCc2ccc(-c3ncn[nH]3)cc2)n2nccc2n1. The molecule has 0 fully saturated rings. The number of rotatable bonds is 7. The average Bonchev–Trinajstić information content (AvgIpc) is 3.60. The quantitative estimate of drug-likeness (QED) is 0.323. The Labute approximate surface area is 202 Å². The van der Waals surface area contributed by atoms with Crippen LogP contribution in [0.25, 0.3) is 17.0 Å². The number of halogens is 2. The Bertz CT molecular complexity index is 1550. The molecule has 180 valence electrons. The predicted octanol–water partition coefficient (Wildman–Crippen LogP) is 2.65. The third-order valence-corrected chi connectivity index (χ3v) is 5.36. The molecule has 0 saturated heterocycles. The van der Waals surface area contributed by atoms with Gasteiger partial charge in [-0.15, -0.1) is 0 Å². The highest BCUT2D eigenvalue weighted by atomic mass is 19.2. The van der Waals surface area contributed by atoms with E-state index in [0.29, 0.717) is 17.0 Å². The smallest absolute Gasteiger partial charge is 0.270 e. The highest BCUT2D eigenvalue weighted by molar-refractivity contribution is 5.98. The molecule has 3 heterocycles. The minimum atomic E-state index is -1.01. The maximum absolute atomic E-state index is 13.4. The van der Waals surface area contributed by atoms with Crippen molar-refractivity contribution < 1.29 is 18.4 Å². The van der Waals surface area contributed by atoms with Crippen molar-refractivity contribution in [3.63, 3.8) is 0 Å². The van der Waals surface area contributed by atoms with Gasteiger partial charge in [0.2, 0.25) is 0 Å². The van der Waals surface area contributed by atoms with Gasteiger partial charge in [0.05, 0.1) is 6.20 Å². The van der Waals surface area contributed by atoms with Crippen LogP contribution in [0.4, 0.5) is 8.78 Å². The molecular formula is C24H18F2N8O2. The number of fused-ring (bicyclic) bond motifs is 1. The van der Waals surface area contributed by atoms with Crippen LogP contribution in [-0.2, 0) is 13.1 Å². The van der Waals surface area contributed by atoms with E-state index < -0.39 is 23.4 Å². The van der Waals surface area contributed by atoms with Crippen LogP contribution in [0.3, 0.4) is 0 Å². The number of benzene rings is 2. The Morgan fingerprint density at radius 3 is 2.39 bits per heavy atom. The third kappa shape index (κ3) is 4.78. The Morgan fingerprint density at radius 2 is 1.64 bits per heavy atom. The highest BCUT2D eigenvalue weighted by Gasteiger charge is 2.18. The summed E-state index contributed by atoms with van der Waals surface area (Å²) in [5, 5.41) is 16.1. The number of nitrogens with one attached hydrogen (secondary N) is 3. The molecule has 0 aliphatic heterocycles. The van der Waals surface area contributed by atoms with Crippen LogP contribution >= 0.6 is 0 Å². The minimum Gasteiger partial charge on any atom is -0.347 e. The number of amides is 2. The van der Waals surface area contributed by atoms with Gasteiger partial charge in [0.25, 0.3) is 11.8 Å². The summed E-state index contributed by atoms with van der Waals surface area (Å²) in [7, 11) is 0. The van der Waals surface area contributed by atoms with E-state index in [4.69, 9.17) is 0 Å². The van der Waals surface area contributed by atoms with Gasteiger partial charge in [-0.05, 0) is 23.3 Å². The summed E-state index contributed by atoms with van der Waals surface area (Å²) >= 11 is 0. The first-order chi connectivity index (χ1) is 17.5. The zero-order chi connectivity index (χ0) is 25.1. The summed E-state index contributed by atoms with van der Waals surface area (Å²) in [4.78, 5) is 34.0. The van der Waals surface area contributed by atoms with Gasteiger partial charge in [0.1, 0.15) is 17.7 Å². The molecule has 0 radical (unpaired) electrons. The second kappa shape index (κ2) is 9.70. The van der Waals surface area contributed by atoms with E-state index in [1.807, 2.05) is 24.3 Å². The second-order valence-corrected chi connectivity index (χ2v) is 7.77. The van der Waals surface area contributed by atoms with Crippen molar-refractivity contribution in [2.24, 2.45) is 0 Å². The lowest BCUT2D eigenvalue weighted by atomic mass is 10.1. The lowest BCUT2D eigenvalue weighted by Gasteiger charge is -2.10. The summed E-state index contributed by atoms with van der Waals surface area (Å²) in [6.45, 7) is 0.187. The molecule has 3 N–H and O–H groups in total. The topological polar surface area (TPSA) is 130 Å². The molecular weight excluding hydrogens is 470 g/mol. The van der Waals surface area contributed by atoms with Crippen LogP contribution in [0.5, 0.6) is 0 Å². The van der Waals surface area contributed by atoms with E-state index in [9.17, 15) is 18.4 Å². The molecule has 10 nitrogen and oxygen atoms in total. The molecule has 12 heteroatoms. The van der Waals surface area contributed by atoms with Crippen molar-refractivity contribution in [1.82, 2.24) is 40.4 Å². The molecule has 2 aromatic carbocycles. The lowest BCUT2D eigenvalue weighted by Crippen LogP contribution is -2.28. The number of aromatic nitrogens is 6. The zero-order valence-electron chi connectivity index (χ0n) is 18.6. The molecule has 0 unspecified atom stereocenters. The molecule has 5 rings (SSSR count). The van der Waals surface area contributed by atoms with Crippen LogP contribution in [-0.4, -0.2) is 41.6 Å². The van der Waals surface area contributed by atoms with Crippen molar-refractivity contribution in [3.8, 4) is 11.4 Å². The first-order valence-corrected chi connectivity index (χ1v) is 10.8. The van der Waals surface area contributed by atoms with Crippen LogP contribution in [0, 0.1) is 11.6 Å². The largest absolute Gasteiger partial charge is 0.347 e. The highest BCUT2D eigenvalue weighted by Crippen LogP contribution is 2.15. The van der Waals surface area contributed by atoms with Crippen molar-refractivity contribution in [2.75, 3.05) is 0 Å². The van der Waals surface area contributed by atoms with E-state index in [2.05, 4.69) is 35.9 Å². The summed E-state index contributed by atoms with van der Waals surface area (Å²) in [5.41, 5.74) is 2.47. The average molecular weight is 488 g/mol. The van der Waals surface area contributed by atoms with Crippen molar-refractivity contribution in [1.29, 1.82) is 0 Å². The molecule has 2 amide bonds. The standard InChI is InChI=1S/C24H18F2N8O2/c25-17-6-3-15(9-18(17)26)12-27-23(35)19-10-20(34-21(32-19)7-8-31-34)24(36)28-11-14-1-4-16(5-2-14)22-29-13-30-33-22/h1-10,13H,11-12H2,(H,27,35)(H,28,36)(H,29,30,33). The molecule has 0 atom stereocenters.